The molecule has 256 valence electrons. The molecule has 8 aromatic rings. The molecule has 0 saturated carbocycles. The molecule has 0 amide bonds. The van der Waals surface area contributed by atoms with E-state index in [4.69, 9.17) is 0 Å². The van der Waals surface area contributed by atoms with Crippen LogP contribution in [0, 0.1) is 23.8 Å². The molecule has 0 heterocycles. The molecule has 0 aliphatic heterocycles. The number of hydrogen-bond donors (Lipinski definition) is 2. The fourth-order valence-corrected chi connectivity index (χ4v) is 7.31. The number of fused-ring (bicyclic) bond motifs is 6. The fraction of sp³-hybridized carbons (Fsp3) is 0. The van der Waals surface area contributed by atoms with Crippen LogP contribution in [-0.4, -0.2) is 27.0 Å². The molecule has 0 aliphatic rings. The molecular formula is C40H26BBr2IN2O6. The number of benzene rings is 8. The van der Waals surface area contributed by atoms with Crippen molar-refractivity contribution in [1.82, 2.24) is 0 Å². The standard InChI is InChI=1S/C20H12BrNO2.C14H11BO2.C6H3BrINO2/c21-14-9-10-18(20(12-14)22(23)24)19-11-13-5-1-2-6-15(13)16-7-3-4-8-17(16)19;16-15(17)14-9-10-5-1-2-6-11(10)12-7-3-4-8-13(12)14;7-4-1-2-5(8)6(3-4)9(10)11/h1-12H;1-9,16-17H;1-3H. The highest BCUT2D eigenvalue weighted by atomic mass is 127. The third-order valence-electron chi connectivity index (χ3n) is 8.40. The first kappa shape index (κ1) is 37.0. The van der Waals surface area contributed by atoms with Crippen molar-refractivity contribution < 1.29 is 19.9 Å². The monoisotopic (exact) mass is 926 g/mol. The first-order chi connectivity index (χ1) is 25.0. The highest BCUT2D eigenvalue weighted by molar-refractivity contribution is 14.1. The van der Waals surface area contributed by atoms with Crippen LogP contribution in [-0.2, 0) is 0 Å². The van der Waals surface area contributed by atoms with Gasteiger partial charge in [0.1, 0.15) is 0 Å². The second-order valence-corrected chi connectivity index (χ2v) is 14.6. The smallest absolute Gasteiger partial charge is 0.423 e. The van der Waals surface area contributed by atoms with Crippen LogP contribution >= 0.6 is 54.5 Å². The Hall–Kier alpha value is -4.73. The van der Waals surface area contributed by atoms with Crippen LogP contribution in [0.5, 0.6) is 0 Å². The third kappa shape index (κ3) is 8.01. The van der Waals surface area contributed by atoms with Crippen LogP contribution in [0.25, 0.3) is 54.2 Å². The van der Waals surface area contributed by atoms with Gasteiger partial charge in [0, 0.05) is 21.1 Å². The normalized spacial score (nSPS) is 10.7. The zero-order valence-corrected chi connectivity index (χ0v) is 32.3. The Morgan fingerprint density at radius 2 is 0.942 bits per heavy atom. The number of nitrogens with zero attached hydrogens (tertiary/aromatic N) is 2. The molecule has 0 fully saturated rings. The summed E-state index contributed by atoms with van der Waals surface area (Å²) < 4.78 is 2.07. The first-order valence-electron chi connectivity index (χ1n) is 15.7. The van der Waals surface area contributed by atoms with Crippen LogP contribution in [0.4, 0.5) is 11.4 Å². The maximum Gasteiger partial charge on any atom is 0.489 e. The molecule has 2 N–H and O–H groups in total. The van der Waals surface area contributed by atoms with Gasteiger partial charge < -0.3 is 10.0 Å². The summed E-state index contributed by atoms with van der Waals surface area (Å²) in [5.41, 5.74) is 2.30. The zero-order chi connectivity index (χ0) is 36.9. The molecule has 0 atom stereocenters. The van der Waals surface area contributed by atoms with Crippen LogP contribution in [0.15, 0.2) is 155 Å². The van der Waals surface area contributed by atoms with E-state index in [0.717, 1.165) is 53.1 Å². The van der Waals surface area contributed by atoms with Gasteiger partial charge in [-0.15, -0.1) is 0 Å². The van der Waals surface area contributed by atoms with Crippen molar-refractivity contribution in [1.29, 1.82) is 0 Å². The second-order valence-electron chi connectivity index (χ2n) is 11.6. The molecule has 0 aliphatic carbocycles. The lowest BCUT2D eigenvalue weighted by Gasteiger charge is -2.11. The Bertz CT molecular complexity index is 2640. The van der Waals surface area contributed by atoms with Gasteiger partial charge in [0.25, 0.3) is 11.4 Å². The molecule has 52 heavy (non-hydrogen) atoms. The summed E-state index contributed by atoms with van der Waals surface area (Å²) in [6.45, 7) is 0. The molecule has 0 aromatic heterocycles. The van der Waals surface area contributed by atoms with Crippen LogP contribution in [0.2, 0.25) is 0 Å². The van der Waals surface area contributed by atoms with Crippen molar-refractivity contribution in [2.75, 3.05) is 0 Å². The van der Waals surface area contributed by atoms with E-state index < -0.39 is 12.0 Å². The number of rotatable bonds is 4. The molecule has 0 unspecified atom stereocenters. The summed E-state index contributed by atoms with van der Waals surface area (Å²) in [6.07, 6.45) is 0. The van der Waals surface area contributed by atoms with E-state index in [2.05, 4.69) is 44.0 Å². The minimum absolute atomic E-state index is 0.102. The molecular weight excluding hydrogens is 902 g/mol. The lowest BCUT2D eigenvalue weighted by molar-refractivity contribution is -0.385. The molecule has 0 bridgehead atoms. The zero-order valence-electron chi connectivity index (χ0n) is 27.0. The van der Waals surface area contributed by atoms with Crippen molar-refractivity contribution in [3.63, 3.8) is 0 Å². The van der Waals surface area contributed by atoms with Gasteiger partial charge in [0.2, 0.25) is 0 Å². The Balaban J connectivity index is 0.000000145. The maximum atomic E-state index is 11.5. The minimum Gasteiger partial charge on any atom is -0.423 e. The highest BCUT2D eigenvalue weighted by Crippen LogP contribution is 2.39. The van der Waals surface area contributed by atoms with E-state index in [9.17, 15) is 30.3 Å². The molecule has 0 radical (unpaired) electrons. The van der Waals surface area contributed by atoms with Gasteiger partial charge in [-0.25, -0.2) is 0 Å². The largest absolute Gasteiger partial charge is 0.489 e. The average Bonchev–Trinajstić information content (AvgIpc) is 3.15. The number of halogens is 3. The number of nitro benzene ring substituents is 2. The summed E-state index contributed by atoms with van der Waals surface area (Å²) >= 11 is 8.41. The lowest BCUT2D eigenvalue weighted by atomic mass is 9.76. The molecule has 8 rings (SSSR count). The second kappa shape index (κ2) is 16.3. The Labute approximate surface area is 328 Å². The number of hydrogen-bond acceptors (Lipinski definition) is 6. The predicted octanol–water partition coefficient (Wildman–Crippen LogP) is 11.0. The summed E-state index contributed by atoms with van der Waals surface area (Å²) in [4.78, 5) is 21.2. The molecule has 8 nitrogen and oxygen atoms in total. The van der Waals surface area contributed by atoms with E-state index in [1.54, 1.807) is 24.3 Å². The lowest BCUT2D eigenvalue weighted by Crippen LogP contribution is -2.30. The quantitative estimate of drug-likeness (QED) is 0.0595. The molecule has 0 saturated heterocycles. The fourth-order valence-electron chi connectivity index (χ4n) is 6.08. The molecule has 8 aromatic carbocycles. The van der Waals surface area contributed by atoms with E-state index in [0.29, 0.717) is 19.1 Å². The summed E-state index contributed by atoms with van der Waals surface area (Å²) in [5.74, 6) is 0. The van der Waals surface area contributed by atoms with Crippen LogP contribution in [0.1, 0.15) is 0 Å². The van der Waals surface area contributed by atoms with Gasteiger partial charge in [-0.05, 0) is 107 Å². The summed E-state index contributed by atoms with van der Waals surface area (Å²) in [7, 11) is -1.44. The van der Waals surface area contributed by atoms with E-state index in [1.165, 1.54) is 6.07 Å². The minimum atomic E-state index is -1.44. The van der Waals surface area contributed by atoms with Gasteiger partial charge in [0.15, 0.2) is 0 Å². The topological polar surface area (TPSA) is 127 Å². The Kier molecular flexibility index (Phi) is 11.6. The van der Waals surface area contributed by atoms with Crippen LogP contribution in [0.3, 0.4) is 0 Å². The summed E-state index contributed by atoms with van der Waals surface area (Å²) in [6, 6.07) is 45.9. The maximum absolute atomic E-state index is 11.5. The van der Waals surface area contributed by atoms with Crippen molar-refractivity contribution in [3.05, 3.63) is 178 Å². The first-order valence-corrected chi connectivity index (χ1v) is 18.4. The summed E-state index contributed by atoms with van der Waals surface area (Å²) in [5, 5.41) is 49.2. The predicted molar refractivity (Wildman–Crippen MR) is 226 cm³/mol. The van der Waals surface area contributed by atoms with Gasteiger partial charge in [0.05, 0.1) is 19.0 Å². The SMILES string of the molecule is O=[N+]([O-])c1cc(Br)ccc1-c1cc2ccccc2c2ccccc12.O=[N+]([O-])c1cc(Br)ccc1I.OB(O)c1cc2ccccc2c2ccccc12. The van der Waals surface area contributed by atoms with E-state index in [-0.39, 0.29) is 16.3 Å². The van der Waals surface area contributed by atoms with Gasteiger partial charge in [-0.1, -0.05) is 135 Å². The van der Waals surface area contributed by atoms with Crippen molar-refractivity contribution in [2.45, 2.75) is 0 Å². The van der Waals surface area contributed by atoms with Crippen LogP contribution < -0.4 is 5.46 Å². The van der Waals surface area contributed by atoms with Crippen molar-refractivity contribution in [3.8, 4) is 11.1 Å². The van der Waals surface area contributed by atoms with E-state index in [1.807, 2.05) is 126 Å². The van der Waals surface area contributed by atoms with Crippen molar-refractivity contribution >= 4 is 121 Å². The highest BCUT2D eigenvalue weighted by Gasteiger charge is 2.19. The van der Waals surface area contributed by atoms with E-state index >= 15 is 0 Å². The van der Waals surface area contributed by atoms with Gasteiger partial charge in [-0.2, -0.15) is 0 Å². The van der Waals surface area contributed by atoms with Gasteiger partial charge >= 0.3 is 7.12 Å². The third-order valence-corrected chi connectivity index (χ3v) is 10.3. The molecule has 12 heteroatoms. The Morgan fingerprint density at radius 1 is 0.500 bits per heavy atom. The molecule has 0 spiro atoms. The average molecular weight is 928 g/mol. The van der Waals surface area contributed by atoms with Gasteiger partial charge in [-0.3, -0.25) is 20.2 Å². The van der Waals surface area contributed by atoms with Crippen molar-refractivity contribution in [2.24, 2.45) is 0 Å². The Morgan fingerprint density at radius 3 is 1.48 bits per heavy atom. The number of nitro groups is 2.